The summed E-state index contributed by atoms with van der Waals surface area (Å²) in [4.78, 5) is 33.3. The van der Waals surface area contributed by atoms with E-state index in [1.807, 2.05) is 38.3 Å². The first-order valence-electron chi connectivity index (χ1n) is 10.5. The van der Waals surface area contributed by atoms with Gasteiger partial charge in [0.05, 0.1) is 18.9 Å². The summed E-state index contributed by atoms with van der Waals surface area (Å²) in [7, 11) is 0. The molecule has 2 aromatic rings. The second-order valence-corrected chi connectivity index (χ2v) is 9.51. The number of aromatic nitrogens is 1. The molecule has 2 aliphatic heterocycles. The number of anilines is 2. The van der Waals surface area contributed by atoms with Gasteiger partial charge in [0.1, 0.15) is 11.6 Å². The smallest absolute Gasteiger partial charge is 0.410 e. The molecule has 1 N–H and O–H groups in total. The number of nitrogens with one attached hydrogen (secondary N) is 1. The predicted molar refractivity (Wildman–Crippen MR) is 121 cm³/mol. The fourth-order valence-electron chi connectivity index (χ4n) is 3.53. The summed E-state index contributed by atoms with van der Waals surface area (Å²) >= 11 is 1.37. The van der Waals surface area contributed by atoms with Crippen LogP contribution in [-0.2, 0) is 14.3 Å². The van der Waals surface area contributed by atoms with Crippen LogP contribution in [0.4, 0.5) is 15.6 Å². The average molecular weight is 445 g/mol. The molecule has 1 aromatic carbocycles. The second kappa shape index (κ2) is 8.84. The number of carbonyl (C=O) groups is 2. The highest BCUT2D eigenvalue weighted by molar-refractivity contribution is 7.14. The van der Waals surface area contributed by atoms with Gasteiger partial charge in [0.15, 0.2) is 5.13 Å². The summed E-state index contributed by atoms with van der Waals surface area (Å²) in [5, 5.41) is 5.30. The van der Waals surface area contributed by atoms with Gasteiger partial charge in [-0.1, -0.05) is 12.1 Å². The van der Waals surface area contributed by atoms with E-state index >= 15 is 0 Å². The molecule has 0 bridgehead atoms. The molecule has 0 unspecified atom stereocenters. The number of hydrogen-bond donors (Lipinski definition) is 1. The van der Waals surface area contributed by atoms with Crippen LogP contribution in [0.1, 0.15) is 27.2 Å². The first-order chi connectivity index (χ1) is 14.8. The Kier molecular flexibility index (Phi) is 6.15. The first kappa shape index (κ1) is 21.6. The lowest BCUT2D eigenvalue weighted by Crippen LogP contribution is -2.57. The van der Waals surface area contributed by atoms with Crippen LogP contribution in [0.2, 0.25) is 0 Å². The molecule has 9 heteroatoms. The topological polar surface area (TPSA) is 84.0 Å². The van der Waals surface area contributed by atoms with Gasteiger partial charge in [-0.05, 0) is 39.3 Å². The van der Waals surface area contributed by atoms with Gasteiger partial charge < -0.3 is 19.7 Å². The third-order valence-corrected chi connectivity index (χ3v) is 5.96. The van der Waals surface area contributed by atoms with Crippen LogP contribution in [0.5, 0.6) is 0 Å². The SMILES string of the molecule is CC(C)(C)OC(=O)N1CC[C@H]1C(=O)Nc1nc(-c2cccc(N3CCOCC3)c2)cs1. The number of thiazole rings is 1. The van der Waals surface area contributed by atoms with Gasteiger partial charge in [-0.15, -0.1) is 11.3 Å². The summed E-state index contributed by atoms with van der Waals surface area (Å²) < 4.78 is 10.8. The van der Waals surface area contributed by atoms with Crippen LogP contribution in [0.25, 0.3) is 11.3 Å². The van der Waals surface area contributed by atoms with Crippen molar-refractivity contribution in [2.45, 2.75) is 38.8 Å². The van der Waals surface area contributed by atoms with E-state index in [4.69, 9.17) is 9.47 Å². The number of ether oxygens (including phenoxy) is 2. The highest BCUT2D eigenvalue weighted by Crippen LogP contribution is 2.29. The van der Waals surface area contributed by atoms with Gasteiger partial charge >= 0.3 is 6.09 Å². The minimum absolute atomic E-state index is 0.236. The summed E-state index contributed by atoms with van der Waals surface area (Å²) in [6.07, 6.45) is 0.156. The van der Waals surface area contributed by atoms with Gasteiger partial charge in [0, 0.05) is 36.3 Å². The lowest BCUT2D eigenvalue weighted by atomic mass is 10.0. The van der Waals surface area contributed by atoms with E-state index in [2.05, 4.69) is 27.3 Å². The Balaban J connectivity index is 1.39. The Morgan fingerprint density at radius 1 is 1.23 bits per heavy atom. The van der Waals surface area contributed by atoms with Crippen molar-refractivity contribution in [1.82, 2.24) is 9.88 Å². The molecular formula is C22H28N4O4S. The Morgan fingerprint density at radius 2 is 2.00 bits per heavy atom. The standard InChI is InChI=1S/C22H28N4O4S/c1-22(2,3)30-21(28)26-8-7-18(26)19(27)24-20-23-17(14-31-20)15-5-4-6-16(13-15)25-9-11-29-12-10-25/h4-6,13-14,18H,7-12H2,1-3H3,(H,23,24,27)/t18-/m0/s1. The van der Waals surface area contributed by atoms with E-state index in [-0.39, 0.29) is 5.91 Å². The van der Waals surface area contributed by atoms with E-state index in [1.54, 1.807) is 0 Å². The van der Waals surface area contributed by atoms with Crippen LogP contribution in [0, 0.1) is 0 Å². The van der Waals surface area contributed by atoms with Crippen LogP contribution < -0.4 is 10.2 Å². The number of carbonyl (C=O) groups excluding carboxylic acids is 2. The normalized spacial score (nSPS) is 19.0. The molecule has 1 atom stereocenters. The number of morpholine rings is 1. The number of benzene rings is 1. The van der Waals surface area contributed by atoms with Crippen LogP contribution in [0.3, 0.4) is 0 Å². The van der Waals surface area contributed by atoms with E-state index in [9.17, 15) is 9.59 Å². The molecular weight excluding hydrogens is 416 g/mol. The van der Waals surface area contributed by atoms with Gasteiger partial charge in [0.2, 0.25) is 5.91 Å². The molecule has 2 fully saturated rings. The van der Waals surface area contributed by atoms with Crippen molar-refractivity contribution in [2.75, 3.05) is 43.1 Å². The summed E-state index contributed by atoms with van der Waals surface area (Å²) in [5.74, 6) is -0.236. The molecule has 0 saturated carbocycles. The van der Waals surface area contributed by atoms with Crippen molar-refractivity contribution in [3.05, 3.63) is 29.6 Å². The number of nitrogens with zero attached hydrogens (tertiary/aromatic N) is 3. The molecule has 2 aliphatic rings. The summed E-state index contributed by atoms with van der Waals surface area (Å²) in [5.41, 5.74) is 2.36. The van der Waals surface area contributed by atoms with Gasteiger partial charge in [-0.3, -0.25) is 9.69 Å². The third kappa shape index (κ3) is 5.16. The molecule has 2 amide bonds. The summed E-state index contributed by atoms with van der Waals surface area (Å²) in [6, 6.07) is 7.71. The lowest BCUT2D eigenvalue weighted by molar-refractivity contribution is -0.125. The molecule has 1 aromatic heterocycles. The molecule has 0 radical (unpaired) electrons. The first-order valence-corrected chi connectivity index (χ1v) is 11.4. The zero-order chi connectivity index (χ0) is 22.0. The zero-order valence-corrected chi connectivity index (χ0v) is 18.9. The van der Waals surface area contributed by atoms with Crippen LogP contribution >= 0.6 is 11.3 Å². The molecule has 4 rings (SSSR count). The molecule has 2 saturated heterocycles. The van der Waals surface area contributed by atoms with Crippen molar-refractivity contribution in [1.29, 1.82) is 0 Å². The van der Waals surface area contributed by atoms with Crippen molar-refractivity contribution in [2.24, 2.45) is 0 Å². The molecule has 31 heavy (non-hydrogen) atoms. The van der Waals surface area contributed by atoms with Crippen molar-refractivity contribution < 1.29 is 19.1 Å². The van der Waals surface area contributed by atoms with Gasteiger partial charge in [-0.2, -0.15) is 0 Å². The Morgan fingerprint density at radius 3 is 2.68 bits per heavy atom. The highest BCUT2D eigenvalue weighted by Gasteiger charge is 2.40. The van der Waals surface area contributed by atoms with E-state index < -0.39 is 17.7 Å². The van der Waals surface area contributed by atoms with Crippen molar-refractivity contribution >= 4 is 34.2 Å². The quantitative estimate of drug-likeness (QED) is 0.776. The lowest BCUT2D eigenvalue weighted by Gasteiger charge is -2.39. The van der Waals surface area contributed by atoms with Crippen molar-refractivity contribution in [3.63, 3.8) is 0 Å². The van der Waals surface area contributed by atoms with Gasteiger partial charge in [0.25, 0.3) is 0 Å². The van der Waals surface area contributed by atoms with E-state index in [0.29, 0.717) is 18.1 Å². The molecule has 3 heterocycles. The minimum atomic E-state index is -0.590. The Hall–Kier alpha value is -2.65. The number of amides is 2. The fourth-order valence-corrected chi connectivity index (χ4v) is 4.26. The third-order valence-electron chi connectivity index (χ3n) is 5.20. The Bertz CT molecular complexity index is 949. The van der Waals surface area contributed by atoms with E-state index in [1.165, 1.54) is 16.2 Å². The molecule has 8 nitrogen and oxygen atoms in total. The van der Waals surface area contributed by atoms with Gasteiger partial charge in [-0.25, -0.2) is 9.78 Å². The maximum atomic E-state index is 12.7. The monoisotopic (exact) mass is 444 g/mol. The molecule has 166 valence electrons. The average Bonchev–Trinajstić information content (AvgIpc) is 3.15. The molecule has 0 spiro atoms. The maximum Gasteiger partial charge on any atom is 0.410 e. The largest absolute Gasteiger partial charge is 0.444 e. The van der Waals surface area contributed by atoms with Crippen LogP contribution in [0.15, 0.2) is 29.6 Å². The zero-order valence-electron chi connectivity index (χ0n) is 18.1. The number of rotatable bonds is 4. The minimum Gasteiger partial charge on any atom is -0.444 e. The van der Waals surface area contributed by atoms with E-state index in [0.717, 1.165) is 43.2 Å². The number of likely N-dealkylation sites (tertiary alicyclic amines) is 1. The Labute approximate surface area is 186 Å². The second-order valence-electron chi connectivity index (χ2n) is 8.66. The predicted octanol–water partition coefficient (Wildman–Crippen LogP) is 3.59. The number of hydrogen-bond acceptors (Lipinski definition) is 7. The highest BCUT2D eigenvalue weighted by atomic mass is 32.1. The van der Waals surface area contributed by atoms with Crippen LogP contribution in [-0.4, -0.2) is 66.4 Å². The fraction of sp³-hybridized carbons (Fsp3) is 0.500. The van der Waals surface area contributed by atoms with Crippen molar-refractivity contribution in [3.8, 4) is 11.3 Å². The molecule has 0 aliphatic carbocycles. The summed E-state index contributed by atoms with van der Waals surface area (Å²) in [6.45, 7) is 9.16. The maximum absolute atomic E-state index is 12.7.